The van der Waals surface area contributed by atoms with Gasteiger partial charge in [0.25, 0.3) is 0 Å². The van der Waals surface area contributed by atoms with Crippen molar-refractivity contribution in [2.45, 2.75) is 0 Å². The van der Waals surface area contributed by atoms with Gasteiger partial charge in [0.1, 0.15) is 5.82 Å². The van der Waals surface area contributed by atoms with Gasteiger partial charge in [0.05, 0.1) is 71.0 Å². The van der Waals surface area contributed by atoms with Gasteiger partial charge in [-0.3, -0.25) is 4.57 Å². The predicted octanol–water partition coefficient (Wildman–Crippen LogP) is 9.66. The van der Waals surface area contributed by atoms with E-state index in [9.17, 15) is 15.8 Å². The summed E-state index contributed by atoms with van der Waals surface area (Å²) in [5, 5.41) is 33.4. The first-order valence-corrected chi connectivity index (χ1v) is 14.8. The van der Waals surface area contributed by atoms with Crippen molar-refractivity contribution in [3.05, 3.63) is 149 Å². The van der Waals surface area contributed by atoms with Crippen molar-refractivity contribution in [2.24, 2.45) is 0 Å². The molecule has 8 rings (SSSR count). The third kappa shape index (κ3) is 4.08. The smallest absolute Gasteiger partial charge is 0.189 e. The highest BCUT2D eigenvalue weighted by Gasteiger charge is 2.21. The Kier molecular flexibility index (Phi) is 6.22. The summed E-state index contributed by atoms with van der Waals surface area (Å²) in [6.07, 6.45) is 1.74. The average molecular weight is 611 g/mol. The molecule has 0 unspecified atom stereocenters. The maximum Gasteiger partial charge on any atom is 0.189 e. The standard InChI is InChI=1S/C40H18N8/c1-44-27-9-13-32-30-11-7-24(20-41)15-35(30)47(37(32)17-27)39-23-46-40(19-34(39)29-6-4-3-5-26(29)22-43)48-36-16-25(21-42)8-12-31(36)33-14-10-28(45-2)18-38(33)48/h3-19,23H. The molecule has 0 spiro atoms. The van der Waals surface area contributed by atoms with Crippen molar-refractivity contribution in [2.75, 3.05) is 0 Å². The van der Waals surface area contributed by atoms with Crippen molar-refractivity contribution in [1.82, 2.24) is 14.1 Å². The van der Waals surface area contributed by atoms with Gasteiger partial charge in [-0.2, -0.15) is 15.8 Å². The quantitative estimate of drug-likeness (QED) is 0.186. The minimum atomic E-state index is 0.459. The van der Waals surface area contributed by atoms with Crippen LogP contribution in [0, 0.1) is 47.1 Å². The zero-order valence-electron chi connectivity index (χ0n) is 25.0. The van der Waals surface area contributed by atoms with E-state index in [2.05, 4.69) is 27.9 Å². The number of hydrogen-bond acceptors (Lipinski definition) is 4. The monoisotopic (exact) mass is 610 g/mol. The third-order valence-electron chi connectivity index (χ3n) is 8.69. The zero-order chi connectivity index (χ0) is 32.9. The lowest BCUT2D eigenvalue weighted by molar-refractivity contribution is 1.06. The molecule has 3 aromatic heterocycles. The first-order chi connectivity index (χ1) is 23.6. The normalized spacial score (nSPS) is 10.8. The lowest BCUT2D eigenvalue weighted by atomic mass is 9.99. The molecule has 0 amide bonds. The molecule has 8 nitrogen and oxygen atoms in total. The number of nitriles is 3. The van der Waals surface area contributed by atoms with Gasteiger partial charge in [0, 0.05) is 43.7 Å². The molecule has 8 heteroatoms. The molecule has 0 aliphatic carbocycles. The molecule has 0 saturated carbocycles. The van der Waals surface area contributed by atoms with Gasteiger partial charge < -0.3 is 4.57 Å². The van der Waals surface area contributed by atoms with Gasteiger partial charge in [-0.15, -0.1) is 0 Å². The Morgan fingerprint density at radius 2 is 1.06 bits per heavy atom. The second kappa shape index (κ2) is 10.7. The van der Waals surface area contributed by atoms with Crippen LogP contribution in [0.5, 0.6) is 0 Å². The van der Waals surface area contributed by atoms with Gasteiger partial charge in [-0.1, -0.05) is 54.6 Å². The van der Waals surface area contributed by atoms with Crippen molar-refractivity contribution in [3.8, 4) is 40.8 Å². The Hall–Kier alpha value is -7.70. The molecule has 0 saturated heterocycles. The molecular weight excluding hydrogens is 592 g/mol. The Balaban J connectivity index is 1.53. The van der Waals surface area contributed by atoms with Gasteiger partial charge >= 0.3 is 0 Å². The summed E-state index contributed by atoms with van der Waals surface area (Å²) < 4.78 is 3.94. The predicted molar refractivity (Wildman–Crippen MR) is 185 cm³/mol. The fraction of sp³-hybridized carbons (Fsp3) is 0. The van der Waals surface area contributed by atoms with Crippen LogP contribution in [0.1, 0.15) is 16.7 Å². The zero-order valence-corrected chi connectivity index (χ0v) is 25.0. The van der Waals surface area contributed by atoms with Crippen LogP contribution in [0.2, 0.25) is 0 Å². The number of aromatic nitrogens is 3. The first-order valence-electron chi connectivity index (χ1n) is 14.8. The molecule has 3 heterocycles. The van der Waals surface area contributed by atoms with E-state index in [0.717, 1.165) is 43.6 Å². The Bertz CT molecular complexity index is 2760. The Morgan fingerprint density at radius 3 is 1.62 bits per heavy atom. The third-order valence-corrected chi connectivity index (χ3v) is 8.69. The molecule has 0 aliphatic heterocycles. The Morgan fingerprint density at radius 1 is 0.542 bits per heavy atom. The molecule has 218 valence electrons. The van der Waals surface area contributed by atoms with Crippen LogP contribution in [0.3, 0.4) is 0 Å². The summed E-state index contributed by atoms with van der Waals surface area (Å²) in [5.74, 6) is 0.527. The van der Waals surface area contributed by atoms with E-state index in [1.54, 1.807) is 36.5 Å². The van der Waals surface area contributed by atoms with E-state index in [0.29, 0.717) is 50.7 Å². The van der Waals surface area contributed by atoms with Crippen LogP contribution in [0.15, 0.2) is 109 Å². The summed E-state index contributed by atoms with van der Waals surface area (Å²) in [7, 11) is 0. The molecule has 0 N–H and O–H groups in total. The molecule has 8 aromatic rings. The minimum absolute atomic E-state index is 0.459. The average Bonchev–Trinajstić information content (AvgIpc) is 3.65. The second-order valence-corrected chi connectivity index (χ2v) is 11.2. The number of rotatable bonds is 3. The summed E-state index contributed by atoms with van der Waals surface area (Å²) in [4.78, 5) is 12.3. The van der Waals surface area contributed by atoms with Gasteiger partial charge in [-0.05, 0) is 48.5 Å². The van der Waals surface area contributed by atoms with Gasteiger partial charge in [-0.25, -0.2) is 14.7 Å². The van der Waals surface area contributed by atoms with Crippen LogP contribution in [0.25, 0.3) is 75.9 Å². The number of benzene rings is 5. The van der Waals surface area contributed by atoms with E-state index in [4.69, 9.17) is 18.1 Å². The highest BCUT2D eigenvalue weighted by atomic mass is 15.1. The maximum absolute atomic E-state index is 10.2. The van der Waals surface area contributed by atoms with Crippen LogP contribution in [-0.4, -0.2) is 14.1 Å². The van der Waals surface area contributed by atoms with E-state index < -0.39 is 0 Å². The molecule has 0 atom stereocenters. The molecule has 0 aliphatic rings. The maximum atomic E-state index is 10.2. The van der Waals surface area contributed by atoms with E-state index in [1.165, 1.54) is 0 Å². The van der Waals surface area contributed by atoms with Crippen molar-refractivity contribution >= 4 is 55.0 Å². The van der Waals surface area contributed by atoms with E-state index in [1.807, 2.05) is 81.9 Å². The fourth-order valence-electron chi connectivity index (χ4n) is 6.57. The highest BCUT2D eigenvalue weighted by molar-refractivity contribution is 6.12. The first kappa shape index (κ1) is 27.8. The molecule has 0 radical (unpaired) electrons. The van der Waals surface area contributed by atoms with E-state index in [-0.39, 0.29) is 0 Å². The highest BCUT2D eigenvalue weighted by Crippen LogP contribution is 2.41. The summed E-state index contributed by atoms with van der Waals surface area (Å²) >= 11 is 0. The lowest BCUT2D eigenvalue weighted by Crippen LogP contribution is -2.04. The number of fused-ring (bicyclic) bond motifs is 6. The lowest BCUT2D eigenvalue weighted by Gasteiger charge is -2.17. The van der Waals surface area contributed by atoms with Crippen molar-refractivity contribution in [1.29, 1.82) is 15.8 Å². The van der Waals surface area contributed by atoms with E-state index >= 15 is 0 Å². The second-order valence-electron chi connectivity index (χ2n) is 11.2. The van der Waals surface area contributed by atoms with Gasteiger partial charge in [0.2, 0.25) is 0 Å². The van der Waals surface area contributed by atoms with Crippen LogP contribution in [0.4, 0.5) is 11.4 Å². The largest absolute Gasteiger partial charge is 0.308 e. The number of nitrogens with zero attached hydrogens (tertiary/aromatic N) is 8. The fourth-order valence-corrected chi connectivity index (χ4v) is 6.57. The van der Waals surface area contributed by atoms with Crippen LogP contribution >= 0.6 is 0 Å². The molecule has 48 heavy (non-hydrogen) atoms. The number of pyridine rings is 1. The van der Waals surface area contributed by atoms with Crippen molar-refractivity contribution < 1.29 is 0 Å². The van der Waals surface area contributed by atoms with Crippen LogP contribution < -0.4 is 0 Å². The van der Waals surface area contributed by atoms with Gasteiger partial charge in [0.15, 0.2) is 11.4 Å². The molecular formula is C40H18N8. The van der Waals surface area contributed by atoms with Crippen LogP contribution in [-0.2, 0) is 0 Å². The molecule has 0 bridgehead atoms. The van der Waals surface area contributed by atoms with Crippen molar-refractivity contribution in [3.63, 3.8) is 0 Å². The SMILES string of the molecule is [C-]#[N+]c1ccc2c3ccc(C#N)cc3n(-c3cc(-c4ccccc4C#N)c(-n4c5cc(C#N)ccc5c5ccc([N+]#[C-])cc54)cn3)c2c1. The summed E-state index contributed by atoms with van der Waals surface area (Å²) in [5.41, 5.74) is 7.40. The Labute approximate surface area is 274 Å². The number of hydrogen-bond donors (Lipinski definition) is 0. The summed E-state index contributed by atoms with van der Waals surface area (Å²) in [6.45, 7) is 15.4. The minimum Gasteiger partial charge on any atom is -0.308 e. The topological polar surface area (TPSA) is 103 Å². The summed E-state index contributed by atoms with van der Waals surface area (Å²) in [6, 6.07) is 38.1. The molecule has 5 aromatic carbocycles. The molecule has 0 fully saturated rings.